The third kappa shape index (κ3) is 4.70. The third-order valence-electron chi connectivity index (χ3n) is 2.96. The van der Waals surface area contributed by atoms with Gasteiger partial charge in [-0.1, -0.05) is 6.92 Å². The first kappa shape index (κ1) is 13.9. The summed E-state index contributed by atoms with van der Waals surface area (Å²) in [4.78, 5) is 22.1. The lowest BCUT2D eigenvalue weighted by molar-refractivity contribution is -0.141. The van der Waals surface area contributed by atoms with E-state index in [-0.39, 0.29) is 17.9 Å². The molecule has 0 radical (unpaired) electrons. The van der Waals surface area contributed by atoms with Crippen molar-refractivity contribution in [2.24, 2.45) is 5.92 Å². The van der Waals surface area contributed by atoms with Crippen molar-refractivity contribution in [2.75, 3.05) is 13.1 Å². The molecule has 1 aliphatic rings. The number of carboxylic acid groups (broad SMARTS) is 1. The molecule has 3 atom stereocenters. The second kappa shape index (κ2) is 6.56. The number of aliphatic hydroxyl groups excluding tert-OH is 1. The molecule has 6 nitrogen and oxygen atoms in total. The first-order chi connectivity index (χ1) is 8.00. The van der Waals surface area contributed by atoms with E-state index in [1.807, 2.05) is 0 Å². The maximum atomic E-state index is 11.6. The number of hydrogen-bond acceptors (Lipinski definition) is 4. The Balaban J connectivity index is 2.10. The van der Waals surface area contributed by atoms with Crippen LogP contribution in [0.5, 0.6) is 0 Å². The summed E-state index contributed by atoms with van der Waals surface area (Å²) in [5.74, 6) is -1.31. The summed E-state index contributed by atoms with van der Waals surface area (Å²) in [6.45, 7) is 2.58. The second-order valence-electron chi connectivity index (χ2n) is 4.52. The fourth-order valence-corrected chi connectivity index (χ4v) is 1.78. The van der Waals surface area contributed by atoms with Gasteiger partial charge in [0, 0.05) is 13.1 Å². The SMILES string of the molecule is CC(CCCNC(=O)C1CC(O)CN1)C(=O)O. The van der Waals surface area contributed by atoms with Crippen molar-refractivity contribution in [1.29, 1.82) is 0 Å². The van der Waals surface area contributed by atoms with Gasteiger partial charge >= 0.3 is 5.97 Å². The summed E-state index contributed by atoms with van der Waals surface area (Å²) >= 11 is 0. The van der Waals surface area contributed by atoms with Gasteiger partial charge in [-0.15, -0.1) is 0 Å². The molecular formula is C11H20N2O4. The predicted molar refractivity (Wildman–Crippen MR) is 61.5 cm³/mol. The highest BCUT2D eigenvalue weighted by Gasteiger charge is 2.27. The summed E-state index contributed by atoms with van der Waals surface area (Å²) in [6.07, 6.45) is 1.19. The molecule has 0 aliphatic carbocycles. The Kier molecular flexibility index (Phi) is 5.37. The highest BCUT2D eigenvalue weighted by Crippen LogP contribution is 2.07. The number of carboxylic acids is 1. The van der Waals surface area contributed by atoms with Gasteiger partial charge in [0.15, 0.2) is 0 Å². The standard InChI is InChI=1S/C11H20N2O4/c1-7(11(16)17)3-2-4-12-10(15)9-5-8(14)6-13-9/h7-9,13-14H,2-6H2,1H3,(H,12,15)(H,16,17). The van der Waals surface area contributed by atoms with Crippen LogP contribution in [0, 0.1) is 5.92 Å². The van der Waals surface area contributed by atoms with E-state index in [1.54, 1.807) is 6.92 Å². The Morgan fingerprint density at radius 2 is 2.24 bits per heavy atom. The zero-order chi connectivity index (χ0) is 12.8. The van der Waals surface area contributed by atoms with Gasteiger partial charge in [0.1, 0.15) is 0 Å². The Bertz CT molecular complexity index is 283. The molecule has 0 saturated carbocycles. The van der Waals surface area contributed by atoms with Gasteiger partial charge in [-0.3, -0.25) is 9.59 Å². The van der Waals surface area contributed by atoms with Crippen LogP contribution in [0.4, 0.5) is 0 Å². The van der Waals surface area contributed by atoms with Gasteiger partial charge in [-0.2, -0.15) is 0 Å². The van der Waals surface area contributed by atoms with Crippen molar-refractivity contribution in [2.45, 2.75) is 38.3 Å². The molecule has 1 heterocycles. The fraction of sp³-hybridized carbons (Fsp3) is 0.818. The number of carbonyl (C=O) groups is 2. The third-order valence-corrected chi connectivity index (χ3v) is 2.96. The molecule has 0 bridgehead atoms. The summed E-state index contributed by atoms with van der Waals surface area (Å²) < 4.78 is 0. The van der Waals surface area contributed by atoms with Crippen molar-refractivity contribution in [3.8, 4) is 0 Å². The lowest BCUT2D eigenvalue weighted by atomic mass is 10.1. The number of β-amino-alcohol motifs (C(OH)–C–C–N with tert-alkyl or cyclic N) is 1. The number of aliphatic carboxylic acids is 1. The number of nitrogens with one attached hydrogen (secondary N) is 2. The van der Waals surface area contributed by atoms with Crippen LogP contribution in [0.25, 0.3) is 0 Å². The van der Waals surface area contributed by atoms with Crippen LogP contribution < -0.4 is 10.6 Å². The van der Waals surface area contributed by atoms with Gasteiger partial charge in [-0.05, 0) is 19.3 Å². The Labute approximate surface area is 100 Å². The minimum atomic E-state index is -0.808. The van der Waals surface area contributed by atoms with Gasteiger partial charge < -0.3 is 20.8 Å². The molecular weight excluding hydrogens is 224 g/mol. The van der Waals surface area contributed by atoms with Crippen LogP contribution in [0.3, 0.4) is 0 Å². The molecule has 1 amide bonds. The van der Waals surface area contributed by atoms with E-state index in [4.69, 9.17) is 5.11 Å². The minimum Gasteiger partial charge on any atom is -0.481 e. The predicted octanol–water partition coefficient (Wildman–Crippen LogP) is -0.674. The van der Waals surface area contributed by atoms with Gasteiger partial charge in [0.05, 0.1) is 18.1 Å². The number of rotatable bonds is 6. The molecule has 0 spiro atoms. The molecule has 1 saturated heterocycles. The van der Waals surface area contributed by atoms with E-state index in [2.05, 4.69) is 10.6 Å². The number of hydrogen-bond donors (Lipinski definition) is 4. The van der Waals surface area contributed by atoms with Crippen molar-refractivity contribution < 1.29 is 19.8 Å². The number of aliphatic hydroxyl groups is 1. The van der Waals surface area contributed by atoms with Gasteiger partial charge in [0.25, 0.3) is 0 Å². The molecule has 0 aromatic carbocycles. The fourth-order valence-electron chi connectivity index (χ4n) is 1.78. The molecule has 1 fully saturated rings. The molecule has 3 unspecified atom stereocenters. The smallest absolute Gasteiger partial charge is 0.306 e. The van der Waals surface area contributed by atoms with E-state index in [0.717, 1.165) is 0 Å². The normalized spacial score (nSPS) is 25.5. The summed E-state index contributed by atoms with van der Waals surface area (Å²) in [6, 6.07) is -0.318. The topological polar surface area (TPSA) is 98.7 Å². The average molecular weight is 244 g/mol. The Morgan fingerprint density at radius 3 is 2.76 bits per heavy atom. The van der Waals surface area contributed by atoms with Crippen molar-refractivity contribution in [1.82, 2.24) is 10.6 Å². The molecule has 1 rings (SSSR count). The van der Waals surface area contributed by atoms with E-state index in [0.29, 0.717) is 32.4 Å². The average Bonchev–Trinajstić information content (AvgIpc) is 2.70. The van der Waals surface area contributed by atoms with Crippen LogP contribution in [0.2, 0.25) is 0 Å². The lowest BCUT2D eigenvalue weighted by Crippen LogP contribution is -2.40. The molecule has 0 aromatic rings. The van der Waals surface area contributed by atoms with Crippen molar-refractivity contribution >= 4 is 11.9 Å². The molecule has 0 aromatic heterocycles. The Morgan fingerprint density at radius 1 is 1.53 bits per heavy atom. The highest BCUT2D eigenvalue weighted by atomic mass is 16.4. The van der Waals surface area contributed by atoms with E-state index in [1.165, 1.54) is 0 Å². The van der Waals surface area contributed by atoms with E-state index >= 15 is 0 Å². The minimum absolute atomic E-state index is 0.121. The van der Waals surface area contributed by atoms with Crippen LogP contribution in [-0.4, -0.2) is 47.3 Å². The first-order valence-electron chi connectivity index (χ1n) is 5.92. The largest absolute Gasteiger partial charge is 0.481 e. The van der Waals surface area contributed by atoms with Crippen LogP contribution in [-0.2, 0) is 9.59 Å². The maximum absolute atomic E-state index is 11.6. The number of carbonyl (C=O) groups excluding carboxylic acids is 1. The molecule has 6 heteroatoms. The highest BCUT2D eigenvalue weighted by molar-refractivity contribution is 5.82. The van der Waals surface area contributed by atoms with Gasteiger partial charge in [0.2, 0.25) is 5.91 Å². The molecule has 1 aliphatic heterocycles. The lowest BCUT2D eigenvalue weighted by Gasteiger charge is -2.11. The number of amides is 1. The molecule has 17 heavy (non-hydrogen) atoms. The molecule has 4 N–H and O–H groups in total. The Hall–Kier alpha value is -1.14. The first-order valence-corrected chi connectivity index (χ1v) is 5.92. The van der Waals surface area contributed by atoms with Crippen molar-refractivity contribution in [3.63, 3.8) is 0 Å². The second-order valence-corrected chi connectivity index (χ2v) is 4.52. The van der Waals surface area contributed by atoms with Crippen LogP contribution in [0.1, 0.15) is 26.2 Å². The van der Waals surface area contributed by atoms with E-state index in [9.17, 15) is 14.7 Å². The zero-order valence-electron chi connectivity index (χ0n) is 9.98. The van der Waals surface area contributed by atoms with Crippen LogP contribution >= 0.6 is 0 Å². The monoisotopic (exact) mass is 244 g/mol. The van der Waals surface area contributed by atoms with E-state index < -0.39 is 12.1 Å². The summed E-state index contributed by atoms with van der Waals surface area (Å²) in [5.41, 5.74) is 0. The summed E-state index contributed by atoms with van der Waals surface area (Å²) in [5, 5.41) is 23.6. The van der Waals surface area contributed by atoms with Crippen LogP contribution in [0.15, 0.2) is 0 Å². The quantitative estimate of drug-likeness (QED) is 0.464. The van der Waals surface area contributed by atoms with Crippen molar-refractivity contribution in [3.05, 3.63) is 0 Å². The maximum Gasteiger partial charge on any atom is 0.306 e. The van der Waals surface area contributed by atoms with Gasteiger partial charge in [-0.25, -0.2) is 0 Å². The summed E-state index contributed by atoms with van der Waals surface area (Å²) in [7, 11) is 0. The molecule has 98 valence electrons. The zero-order valence-corrected chi connectivity index (χ0v) is 9.98.